The Kier molecular flexibility index (Phi) is 4.30. The Balaban J connectivity index is 2.09. The molecule has 1 N–H and O–H groups in total. The van der Waals surface area contributed by atoms with Crippen LogP contribution in [-0.4, -0.2) is 29.8 Å². The summed E-state index contributed by atoms with van der Waals surface area (Å²) >= 11 is 0. The molecule has 3 rings (SSSR count). The summed E-state index contributed by atoms with van der Waals surface area (Å²) in [6.07, 6.45) is 7.22. The first-order valence-corrected chi connectivity index (χ1v) is 7.27. The first-order chi connectivity index (χ1) is 11.5. The molecule has 0 radical (unpaired) electrons. The van der Waals surface area contributed by atoms with E-state index >= 15 is 0 Å². The maximum Gasteiger partial charge on any atom is 0.137 e. The Hall–Kier alpha value is -2.74. The second-order valence-corrected chi connectivity index (χ2v) is 5.49. The minimum absolute atomic E-state index is 0.0439. The van der Waals surface area contributed by atoms with Crippen molar-refractivity contribution in [1.82, 2.24) is 24.7 Å². The molecule has 0 saturated carbocycles. The zero-order valence-electron chi connectivity index (χ0n) is 12.8. The molecule has 0 aliphatic carbocycles. The van der Waals surface area contributed by atoms with Crippen molar-refractivity contribution in [2.75, 3.05) is 0 Å². The summed E-state index contributed by atoms with van der Waals surface area (Å²) in [7, 11) is 0. The molecule has 3 aromatic rings. The Morgan fingerprint density at radius 3 is 2.71 bits per heavy atom. The lowest BCUT2D eigenvalue weighted by Crippen LogP contribution is -2.38. The van der Waals surface area contributed by atoms with Crippen LogP contribution in [0, 0.1) is 11.6 Å². The molecule has 6 nitrogen and oxygen atoms in total. The van der Waals surface area contributed by atoms with Gasteiger partial charge in [0.05, 0.1) is 12.2 Å². The van der Waals surface area contributed by atoms with E-state index in [1.54, 1.807) is 6.92 Å². The van der Waals surface area contributed by atoms with Gasteiger partial charge in [-0.25, -0.2) is 18.4 Å². The van der Waals surface area contributed by atoms with Crippen molar-refractivity contribution in [3.05, 3.63) is 72.3 Å². The van der Waals surface area contributed by atoms with Crippen LogP contribution in [-0.2, 0) is 12.1 Å². The molecule has 2 unspecified atom stereocenters. The van der Waals surface area contributed by atoms with Crippen molar-refractivity contribution < 1.29 is 13.9 Å². The van der Waals surface area contributed by atoms with E-state index in [-0.39, 0.29) is 12.1 Å². The first-order valence-electron chi connectivity index (χ1n) is 7.27. The highest BCUT2D eigenvalue weighted by Crippen LogP contribution is 2.38. The smallest absolute Gasteiger partial charge is 0.137 e. The predicted octanol–water partition coefficient (Wildman–Crippen LogP) is 2.04. The van der Waals surface area contributed by atoms with Crippen LogP contribution < -0.4 is 0 Å². The number of benzene rings is 1. The lowest BCUT2D eigenvalue weighted by atomic mass is 9.80. The highest BCUT2D eigenvalue weighted by Gasteiger charge is 2.40. The van der Waals surface area contributed by atoms with E-state index in [2.05, 4.69) is 20.1 Å². The second kappa shape index (κ2) is 6.40. The molecule has 0 amide bonds. The highest BCUT2D eigenvalue weighted by molar-refractivity contribution is 5.29. The fraction of sp³-hybridized carbons (Fsp3) is 0.250. The summed E-state index contributed by atoms with van der Waals surface area (Å²) in [6.45, 7) is 1.62. The summed E-state index contributed by atoms with van der Waals surface area (Å²) in [5.74, 6) is -2.18. The second-order valence-electron chi connectivity index (χ2n) is 5.49. The van der Waals surface area contributed by atoms with Crippen molar-refractivity contribution >= 4 is 0 Å². The summed E-state index contributed by atoms with van der Waals surface area (Å²) in [4.78, 5) is 12.0. The number of halogens is 2. The van der Waals surface area contributed by atoms with E-state index in [0.717, 1.165) is 12.1 Å². The molecule has 2 aromatic heterocycles. The van der Waals surface area contributed by atoms with Gasteiger partial charge in [-0.1, -0.05) is 13.0 Å². The molecule has 0 saturated heterocycles. The van der Waals surface area contributed by atoms with Crippen molar-refractivity contribution in [3.8, 4) is 0 Å². The van der Waals surface area contributed by atoms with Gasteiger partial charge in [-0.2, -0.15) is 5.10 Å². The topological polar surface area (TPSA) is 76.7 Å². The van der Waals surface area contributed by atoms with Gasteiger partial charge in [0.2, 0.25) is 0 Å². The predicted molar refractivity (Wildman–Crippen MR) is 80.7 cm³/mol. The zero-order chi connectivity index (χ0) is 17.2. The van der Waals surface area contributed by atoms with Gasteiger partial charge in [-0.3, -0.25) is 9.97 Å². The number of rotatable bonds is 5. The van der Waals surface area contributed by atoms with Crippen LogP contribution in [0.5, 0.6) is 0 Å². The first kappa shape index (κ1) is 16.1. The van der Waals surface area contributed by atoms with Gasteiger partial charge in [0.1, 0.15) is 29.9 Å². The van der Waals surface area contributed by atoms with E-state index in [1.165, 1.54) is 42.0 Å². The van der Waals surface area contributed by atoms with Crippen molar-refractivity contribution in [3.63, 3.8) is 0 Å². The van der Waals surface area contributed by atoms with Crippen molar-refractivity contribution in [1.29, 1.82) is 0 Å². The molecular weight excluding hydrogens is 316 g/mol. The van der Waals surface area contributed by atoms with Crippen LogP contribution in [0.4, 0.5) is 8.78 Å². The molecule has 2 heterocycles. The summed E-state index contributed by atoms with van der Waals surface area (Å²) in [6, 6.07) is 3.08. The quantitative estimate of drug-likeness (QED) is 0.774. The molecule has 0 fully saturated rings. The Labute approximate surface area is 136 Å². The van der Waals surface area contributed by atoms with E-state index < -0.39 is 23.2 Å². The molecule has 2 atom stereocenters. The van der Waals surface area contributed by atoms with Crippen LogP contribution in [0.2, 0.25) is 0 Å². The number of hydrogen-bond acceptors (Lipinski definition) is 5. The van der Waals surface area contributed by atoms with Gasteiger partial charge in [0.15, 0.2) is 0 Å². The van der Waals surface area contributed by atoms with Crippen LogP contribution >= 0.6 is 0 Å². The van der Waals surface area contributed by atoms with Crippen molar-refractivity contribution in [2.45, 2.75) is 25.0 Å². The van der Waals surface area contributed by atoms with Gasteiger partial charge < -0.3 is 5.11 Å². The maximum atomic E-state index is 14.4. The minimum atomic E-state index is -1.72. The molecule has 0 bridgehead atoms. The Bertz CT molecular complexity index is 813. The number of hydrogen-bond donors (Lipinski definition) is 1. The molecular formula is C16H15F2N5O. The SMILES string of the molecule is CC(c1cnccn1)C(O)(Cn1cncn1)c1ccc(F)cc1F. The summed E-state index contributed by atoms with van der Waals surface area (Å²) < 4.78 is 29.0. The molecule has 24 heavy (non-hydrogen) atoms. The zero-order valence-corrected chi connectivity index (χ0v) is 12.8. The van der Waals surface area contributed by atoms with Gasteiger partial charge in [0, 0.05) is 36.1 Å². The normalized spacial score (nSPS) is 15.0. The lowest BCUT2D eigenvalue weighted by Gasteiger charge is -2.34. The molecule has 1 aromatic carbocycles. The summed E-state index contributed by atoms with van der Waals surface area (Å²) in [5, 5.41) is 15.3. The third kappa shape index (κ3) is 3.00. The van der Waals surface area contributed by atoms with E-state index in [0.29, 0.717) is 5.69 Å². The fourth-order valence-electron chi connectivity index (χ4n) is 2.64. The average molecular weight is 331 g/mol. The highest BCUT2D eigenvalue weighted by atomic mass is 19.1. The monoisotopic (exact) mass is 331 g/mol. The molecule has 124 valence electrons. The molecule has 8 heteroatoms. The lowest BCUT2D eigenvalue weighted by molar-refractivity contribution is -0.0124. The number of aromatic nitrogens is 5. The minimum Gasteiger partial charge on any atom is -0.382 e. The van der Waals surface area contributed by atoms with Crippen LogP contribution in [0.1, 0.15) is 24.1 Å². The molecule has 0 aliphatic heterocycles. The molecule has 0 aliphatic rings. The van der Waals surface area contributed by atoms with Gasteiger partial charge in [-0.05, 0) is 6.07 Å². The molecule has 0 spiro atoms. The van der Waals surface area contributed by atoms with E-state index in [9.17, 15) is 13.9 Å². The van der Waals surface area contributed by atoms with E-state index in [4.69, 9.17) is 0 Å². The average Bonchev–Trinajstić information content (AvgIpc) is 3.07. The third-order valence-corrected chi connectivity index (χ3v) is 4.01. The maximum absolute atomic E-state index is 14.4. The number of aliphatic hydroxyl groups is 1. The largest absolute Gasteiger partial charge is 0.382 e. The third-order valence-electron chi connectivity index (χ3n) is 4.01. The van der Waals surface area contributed by atoms with Crippen LogP contribution in [0.15, 0.2) is 49.4 Å². The van der Waals surface area contributed by atoms with Gasteiger partial charge >= 0.3 is 0 Å². The van der Waals surface area contributed by atoms with Gasteiger partial charge in [0.25, 0.3) is 0 Å². The standard InChI is InChI=1S/C16H15F2N5O/c1-11(15-7-19-4-5-21-15)16(24,8-23-10-20-9-22-23)13-3-2-12(17)6-14(13)18/h2-7,9-11,24H,8H2,1H3. The fourth-order valence-corrected chi connectivity index (χ4v) is 2.64. The van der Waals surface area contributed by atoms with E-state index in [1.807, 2.05) is 0 Å². The Morgan fingerprint density at radius 2 is 2.08 bits per heavy atom. The van der Waals surface area contributed by atoms with Crippen LogP contribution in [0.3, 0.4) is 0 Å². The summed E-state index contributed by atoms with van der Waals surface area (Å²) in [5.41, 5.74) is -1.29. The van der Waals surface area contributed by atoms with Crippen molar-refractivity contribution in [2.24, 2.45) is 0 Å². The van der Waals surface area contributed by atoms with Gasteiger partial charge in [-0.15, -0.1) is 0 Å². The van der Waals surface area contributed by atoms with Crippen LogP contribution in [0.25, 0.3) is 0 Å². The number of nitrogens with zero attached hydrogens (tertiary/aromatic N) is 5. The Morgan fingerprint density at radius 1 is 1.25 bits per heavy atom.